The number of allylic oxidation sites excluding steroid dienone is 1. The van der Waals surface area contributed by atoms with Crippen LogP contribution in [-0.4, -0.2) is 12.4 Å². The predicted molar refractivity (Wildman–Crippen MR) is 81.9 cm³/mol. The van der Waals surface area contributed by atoms with Crippen molar-refractivity contribution in [2.75, 3.05) is 6.61 Å². The molecule has 0 aromatic heterocycles. The minimum absolute atomic E-state index is 0.00392. The van der Waals surface area contributed by atoms with Crippen LogP contribution in [0.2, 0.25) is 0 Å². The Balaban J connectivity index is 2.25. The van der Waals surface area contributed by atoms with Crippen molar-refractivity contribution in [2.45, 2.75) is 6.92 Å². The quantitative estimate of drug-likeness (QED) is 0.475. The highest BCUT2D eigenvalue weighted by Gasteiger charge is 2.12. The van der Waals surface area contributed by atoms with Crippen molar-refractivity contribution in [1.82, 2.24) is 0 Å². The Labute approximate surface area is 128 Å². The number of rotatable bonds is 5. The molecule has 0 aliphatic heterocycles. The summed E-state index contributed by atoms with van der Waals surface area (Å²) in [5.74, 6) is -0.134. The van der Waals surface area contributed by atoms with Gasteiger partial charge in [0.05, 0.1) is 6.61 Å². The average Bonchev–Trinajstić information content (AvgIpc) is 2.54. The first-order valence-electron chi connectivity index (χ1n) is 6.79. The second kappa shape index (κ2) is 7.19. The number of Topliss-reactive ketones (excluding diaryl/α,β-unsaturated/α-hetero) is 1. The van der Waals surface area contributed by atoms with E-state index in [1.165, 1.54) is 30.3 Å². The summed E-state index contributed by atoms with van der Waals surface area (Å²) in [7, 11) is 0. The monoisotopic (exact) mass is 295 g/mol. The standard InChI is InChI=1S/C18H14FNO2/c1-2-22-17-9-3-13(4-10-17)11-15(12-20)18(21)14-5-7-16(19)8-6-14/h3-11H,2H2,1H3/b15-11+. The van der Waals surface area contributed by atoms with Crippen molar-refractivity contribution in [2.24, 2.45) is 0 Å². The largest absolute Gasteiger partial charge is 0.494 e. The molecule has 0 saturated heterocycles. The van der Waals surface area contributed by atoms with E-state index in [9.17, 15) is 14.4 Å². The summed E-state index contributed by atoms with van der Waals surface area (Å²) >= 11 is 0. The van der Waals surface area contributed by atoms with Gasteiger partial charge < -0.3 is 4.74 Å². The third-order valence-corrected chi connectivity index (χ3v) is 2.97. The number of hydrogen-bond donors (Lipinski definition) is 0. The molecule has 110 valence electrons. The summed E-state index contributed by atoms with van der Waals surface area (Å²) in [5.41, 5.74) is 0.992. The molecule has 2 rings (SSSR count). The van der Waals surface area contributed by atoms with Crippen LogP contribution in [0, 0.1) is 17.1 Å². The molecule has 0 amide bonds. The van der Waals surface area contributed by atoms with Gasteiger partial charge in [-0.15, -0.1) is 0 Å². The summed E-state index contributed by atoms with van der Waals surface area (Å²) < 4.78 is 18.2. The number of carbonyl (C=O) groups excluding carboxylic acids is 1. The van der Waals surface area contributed by atoms with E-state index in [0.29, 0.717) is 6.61 Å². The molecule has 0 fully saturated rings. The van der Waals surface area contributed by atoms with Crippen molar-refractivity contribution in [1.29, 1.82) is 5.26 Å². The zero-order valence-electron chi connectivity index (χ0n) is 12.0. The lowest BCUT2D eigenvalue weighted by Crippen LogP contribution is -2.01. The van der Waals surface area contributed by atoms with Crippen LogP contribution in [0.25, 0.3) is 6.08 Å². The number of nitrogens with zero attached hydrogens (tertiary/aromatic N) is 1. The summed E-state index contributed by atoms with van der Waals surface area (Å²) in [6, 6.07) is 14.1. The predicted octanol–water partition coefficient (Wildman–Crippen LogP) is 4.01. The van der Waals surface area contributed by atoms with Crippen LogP contribution >= 0.6 is 0 Å². The highest BCUT2D eigenvalue weighted by molar-refractivity contribution is 6.14. The van der Waals surface area contributed by atoms with Crippen LogP contribution in [-0.2, 0) is 0 Å². The van der Waals surface area contributed by atoms with Gasteiger partial charge in [0.15, 0.2) is 0 Å². The van der Waals surface area contributed by atoms with E-state index in [1.54, 1.807) is 24.3 Å². The fraction of sp³-hybridized carbons (Fsp3) is 0.111. The van der Waals surface area contributed by atoms with Crippen LogP contribution in [0.5, 0.6) is 5.75 Å². The van der Waals surface area contributed by atoms with E-state index in [1.807, 2.05) is 13.0 Å². The van der Waals surface area contributed by atoms with E-state index in [2.05, 4.69) is 0 Å². The number of ketones is 1. The molecule has 4 heteroatoms. The SMILES string of the molecule is CCOc1ccc(/C=C(\C#N)C(=O)c2ccc(F)cc2)cc1. The Morgan fingerprint density at radius 1 is 1.18 bits per heavy atom. The van der Waals surface area contributed by atoms with Crippen LogP contribution in [0.15, 0.2) is 54.1 Å². The lowest BCUT2D eigenvalue weighted by Gasteiger charge is -2.03. The number of benzene rings is 2. The molecule has 0 unspecified atom stereocenters. The van der Waals surface area contributed by atoms with E-state index in [4.69, 9.17) is 4.74 Å². The summed E-state index contributed by atoms with van der Waals surface area (Å²) in [5, 5.41) is 9.17. The zero-order valence-corrected chi connectivity index (χ0v) is 12.0. The summed E-state index contributed by atoms with van der Waals surface area (Å²) in [6.07, 6.45) is 1.50. The van der Waals surface area contributed by atoms with Gasteiger partial charge in [0.1, 0.15) is 23.2 Å². The molecule has 0 radical (unpaired) electrons. The Morgan fingerprint density at radius 3 is 2.36 bits per heavy atom. The van der Waals surface area contributed by atoms with Crippen molar-refractivity contribution in [3.63, 3.8) is 0 Å². The highest BCUT2D eigenvalue weighted by atomic mass is 19.1. The Hall–Kier alpha value is -2.93. The molecule has 2 aromatic carbocycles. The van der Waals surface area contributed by atoms with Crippen molar-refractivity contribution in [3.8, 4) is 11.8 Å². The normalized spacial score (nSPS) is 10.9. The van der Waals surface area contributed by atoms with Gasteiger partial charge in [-0.05, 0) is 55.0 Å². The van der Waals surface area contributed by atoms with Gasteiger partial charge in [-0.1, -0.05) is 12.1 Å². The van der Waals surface area contributed by atoms with Gasteiger partial charge in [-0.25, -0.2) is 4.39 Å². The van der Waals surface area contributed by atoms with Gasteiger partial charge in [0, 0.05) is 5.56 Å². The first-order chi connectivity index (χ1) is 10.6. The van der Waals surface area contributed by atoms with Gasteiger partial charge in [0.25, 0.3) is 0 Å². The molecule has 0 bridgehead atoms. The van der Waals surface area contributed by atoms with Gasteiger partial charge in [-0.3, -0.25) is 4.79 Å². The molecule has 22 heavy (non-hydrogen) atoms. The number of nitriles is 1. The first kappa shape index (κ1) is 15.5. The molecule has 0 aliphatic carbocycles. The van der Waals surface area contributed by atoms with E-state index in [-0.39, 0.29) is 11.1 Å². The number of hydrogen-bond acceptors (Lipinski definition) is 3. The summed E-state index contributed by atoms with van der Waals surface area (Å²) in [6.45, 7) is 2.46. The van der Waals surface area contributed by atoms with Gasteiger partial charge >= 0.3 is 0 Å². The topological polar surface area (TPSA) is 50.1 Å². The maximum atomic E-state index is 12.9. The number of ether oxygens (including phenoxy) is 1. The lowest BCUT2D eigenvalue weighted by molar-refractivity contribution is 0.104. The third kappa shape index (κ3) is 3.80. The Kier molecular flexibility index (Phi) is 5.05. The van der Waals surface area contributed by atoms with Crippen LogP contribution < -0.4 is 4.74 Å². The molecule has 3 nitrogen and oxygen atoms in total. The smallest absolute Gasteiger partial charge is 0.203 e. The van der Waals surface area contributed by atoms with Crippen LogP contribution in [0.4, 0.5) is 4.39 Å². The van der Waals surface area contributed by atoms with Crippen molar-refractivity contribution >= 4 is 11.9 Å². The fourth-order valence-electron chi connectivity index (χ4n) is 1.90. The Morgan fingerprint density at radius 2 is 1.82 bits per heavy atom. The lowest BCUT2D eigenvalue weighted by atomic mass is 10.0. The zero-order chi connectivity index (χ0) is 15.9. The maximum absolute atomic E-state index is 12.9. The van der Waals surface area contributed by atoms with Crippen LogP contribution in [0.3, 0.4) is 0 Å². The first-order valence-corrected chi connectivity index (χ1v) is 6.79. The Bertz CT molecular complexity index is 725. The third-order valence-electron chi connectivity index (χ3n) is 2.97. The van der Waals surface area contributed by atoms with Gasteiger partial charge in [0.2, 0.25) is 5.78 Å². The molecule has 0 spiro atoms. The van der Waals surface area contributed by atoms with Gasteiger partial charge in [-0.2, -0.15) is 5.26 Å². The fourth-order valence-corrected chi connectivity index (χ4v) is 1.90. The second-order valence-electron chi connectivity index (χ2n) is 4.51. The molecule has 0 saturated carbocycles. The maximum Gasteiger partial charge on any atom is 0.203 e. The molecule has 0 heterocycles. The highest BCUT2D eigenvalue weighted by Crippen LogP contribution is 2.16. The minimum atomic E-state index is -0.434. The molecular formula is C18H14FNO2. The van der Waals surface area contributed by atoms with Crippen LogP contribution in [0.1, 0.15) is 22.8 Å². The van der Waals surface area contributed by atoms with Crippen molar-refractivity contribution < 1.29 is 13.9 Å². The molecule has 2 aromatic rings. The number of carbonyl (C=O) groups is 1. The molecule has 0 atom stereocenters. The van der Waals surface area contributed by atoms with E-state index in [0.717, 1.165) is 11.3 Å². The van der Waals surface area contributed by atoms with E-state index >= 15 is 0 Å². The van der Waals surface area contributed by atoms with Crippen molar-refractivity contribution in [3.05, 3.63) is 71.0 Å². The number of halogens is 1. The molecular weight excluding hydrogens is 281 g/mol. The average molecular weight is 295 g/mol. The minimum Gasteiger partial charge on any atom is -0.494 e. The van der Waals surface area contributed by atoms with E-state index < -0.39 is 11.6 Å². The molecule has 0 N–H and O–H groups in total. The summed E-state index contributed by atoms with van der Waals surface area (Å²) in [4.78, 5) is 12.2. The molecule has 0 aliphatic rings. The second-order valence-corrected chi connectivity index (χ2v) is 4.51.